The molecular weight excluding hydrogens is 252 g/mol. The Labute approximate surface area is 104 Å². The van der Waals surface area contributed by atoms with Gasteiger partial charge in [0.05, 0.1) is 10.6 Å². The predicted octanol–water partition coefficient (Wildman–Crippen LogP) is 0.834. The molecule has 5 nitrogen and oxygen atoms in total. The van der Waals surface area contributed by atoms with Crippen LogP contribution in [0.15, 0.2) is 41.3 Å². The fraction of sp³-hybridized carbons (Fsp3) is 0.0833. The van der Waals surface area contributed by atoms with Gasteiger partial charge in [0.25, 0.3) is 10.0 Å². The Morgan fingerprint density at radius 2 is 1.83 bits per heavy atom. The molecule has 0 spiro atoms. The third-order valence-corrected chi connectivity index (χ3v) is 4.78. The van der Waals surface area contributed by atoms with Crippen molar-refractivity contribution in [3.63, 3.8) is 0 Å². The Balaban J connectivity index is 2.37. The van der Waals surface area contributed by atoms with E-state index in [2.05, 4.69) is 0 Å². The van der Waals surface area contributed by atoms with Crippen molar-refractivity contribution in [2.75, 3.05) is 10.8 Å². The summed E-state index contributed by atoms with van der Waals surface area (Å²) in [5.74, 6) is -0.677. The fourth-order valence-corrected chi connectivity index (χ4v) is 3.95. The first-order chi connectivity index (χ1) is 8.51. The highest BCUT2D eigenvalue weighted by Gasteiger charge is 2.36. The highest BCUT2D eigenvalue weighted by atomic mass is 32.2. The molecular formula is C12H10N2O3S. The van der Waals surface area contributed by atoms with Crippen LogP contribution in [0.1, 0.15) is 0 Å². The van der Waals surface area contributed by atoms with Crippen LogP contribution in [0, 0.1) is 0 Å². The second kappa shape index (κ2) is 3.46. The van der Waals surface area contributed by atoms with Crippen LogP contribution < -0.4 is 10.0 Å². The van der Waals surface area contributed by atoms with Crippen LogP contribution in [0.2, 0.25) is 0 Å². The van der Waals surface area contributed by atoms with Gasteiger partial charge in [0.15, 0.2) is 0 Å². The molecule has 3 rings (SSSR count). The van der Waals surface area contributed by atoms with E-state index < -0.39 is 15.9 Å². The zero-order valence-electron chi connectivity index (χ0n) is 9.33. The molecule has 2 aromatic carbocycles. The van der Waals surface area contributed by atoms with E-state index in [1.54, 1.807) is 24.3 Å². The van der Waals surface area contributed by atoms with Gasteiger partial charge >= 0.3 is 0 Å². The number of hydrogen-bond donors (Lipinski definition) is 1. The van der Waals surface area contributed by atoms with E-state index in [1.165, 1.54) is 0 Å². The molecule has 1 aliphatic rings. The number of nitrogens with two attached hydrogens (primary N) is 1. The second-order valence-electron chi connectivity index (χ2n) is 4.11. The molecule has 2 N–H and O–H groups in total. The molecule has 0 saturated carbocycles. The molecule has 1 heterocycles. The van der Waals surface area contributed by atoms with Crippen LogP contribution in [-0.2, 0) is 14.8 Å². The van der Waals surface area contributed by atoms with Crippen LogP contribution in [0.5, 0.6) is 0 Å². The molecule has 0 aliphatic carbocycles. The summed E-state index contributed by atoms with van der Waals surface area (Å²) < 4.78 is 25.7. The molecule has 0 saturated heterocycles. The normalized spacial score (nSPS) is 16.1. The number of rotatable bonds is 2. The smallest absolute Gasteiger partial charge is 0.265 e. The van der Waals surface area contributed by atoms with Gasteiger partial charge < -0.3 is 5.73 Å². The van der Waals surface area contributed by atoms with Crippen molar-refractivity contribution in [2.24, 2.45) is 5.73 Å². The van der Waals surface area contributed by atoms with E-state index >= 15 is 0 Å². The average Bonchev–Trinajstić information content (AvgIpc) is 2.53. The van der Waals surface area contributed by atoms with Crippen LogP contribution in [-0.4, -0.2) is 20.9 Å². The van der Waals surface area contributed by atoms with Gasteiger partial charge in [-0.1, -0.05) is 24.3 Å². The van der Waals surface area contributed by atoms with E-state index in [0.29, 0.717) is 11.1 Å². The standard InChI is InChI=1S/C12H10N2O3S/c13-11(15)7-14-9-5-1-3-8-4-2-6-10(12(8)9)18(14,16)17/h1-6H,7H2,(H2,13,15). The molecule has 1 amide bonds. The third-order valence-electron chi connectivity index (χ3n) is 2.98. The largest absolute Gasteiger partial charge is 0.368 e. The van der Waals surface area contributed by atoms with Crippen molar-refractivity contribution in [1.82, 2.24) is 0 Å². The number of anilines is 1. The topological polar surface area (TPSA) is 80.5 Å². The molecule has 0 atom stereocenters. The monoisotopic (exact) mass is 262 g/mol. The van der Waals surface area contributed by atoms with Gasteiger partial charge in [0, 0.05) is 5.39 Å². The number of amides is 1. The number of sulfonamides is 1. The first-order valence-corrected chi connectivity index (χ1v) is 6.78. The molecule has 0 fully saturated rings. The Kier molecular flexibility index (Phi) is 2.12. The Bertz CT molecular complexity index is 763. The summed E-state index contributed by atoms with van der Waals surface area (Å²) in [7, 11) is -3.66. The number of primary amides is 1. The van der Waals surface area contributed by atoms with Gasteiger partial charge in [-0.25, -0.2) is 8.42 Å². The maximum absolute atomic E-state index is 12.3. The SMILES string of the molecule is NC(=O)CN1c2cccc3cccc(c23)S1(=O)=O. The fourth-order valence-electron chi connectivity index (χ4n) is 2.27. The molecule has 1 aliphatic heterocycles. The number of carbonyl (C=O) groups excluding carboxylic acids is 1. The highest BCUT2D eigenvalue weighted by Crippen LogP contribution is 2.41. The van der Waals surface area contributed by atoms with Crippen molar-refractivity contribution in [3.05, 3.63) is 36.4 Å². The first-order valence-electron chi connectivity index (χ1n) is 5.34. The number of benzene rings is 2. The molecule has 0 bridgehead atoms. The minimum absolute atomic E-state index is 0.233. The second-order valence-corrected chi connectivity index (χ2v) is 5.94. The van der Waals surface area contributed by atoms with Gasteiger partial charge in [0.2, 0.25) is 5.91 Å². The summed E-state index contributed by atoms with van der Waals surface area (Å²) in [5.41, 5.74) is 5.63. The molecule has 0 unspecified atom stereocenters. The van der Waals surface area contributed by atoms with Crippen molar-refractivity contribution in [1.29, 1.82) is 0 Å². The predicted molar refractivity (Wildman–Crippen MR) is 67.7 cm³/mol. The van der Waals surface area contributed by atoms with Gasteiger partial charge in [-0.15, -0.1) is 0 Å². The highest BCUT2D eigenvalue weighted by molar-refractivity contribution is 7.93. The minimum atomic E-state index is -3.66. The van der Waals surface area contributed by atoms with E-state index in [4.69, 9.17) is 5.73 Å². The minimum Gasteiger partial charge on any atom is -0.368 e. The third kappa shape index (κ3) is 1.32. The Morgan fingerprint density at radius 1 is 1.17 bits per heavy atom. The molecule has 6 heteroatoms. The maximum Gasteiger partial charge on any atom is 0.265 e. The van der Waals surface area contributed by atoms with E-state index in [1.807, 2.05) is 12.1 Å². The van der Waals surface area contributed by atoms with E-state index in [9.17, 15) is 13.2 Å². The Morgan fingerprint density at radius 3 is 2.50 bits per heavy atom. The average molecular weight is 262 g/mol. The molecule has 2 aromatic rings. The van der Waals surface area contributed by atoms with Crippen molar-refractivity contribution in [2.45, 2.75) is 4.90 Å². The van der Waals surface area contributed by atoms with Crippen molar-refractivity contribution in [3.8, 4) is 0 Å². The van der Waals surface area contributed by atoms with E-state index in [0.717, 1.165) is 9.69 Å². The van der Waals surface area contributed by atoms with Crippen LogP contribution in [0.4, 0.5) is 5.69 Å². The van der Waals surface area contributed by atoms with Gasteiger partial charge in [-0.2, -0.15) is 0 Å². The number of carbonyl (C=O) groups is 1. The summed E-state index contributed by atoms with van der Waals surface area (Å²) in [6, 6.07) is 10.3. The zero-order chi connectivity index (χ0) is 12.9. The lowest BCUT2D eigenvalue weighted by molar-refractivity contribution is -0.116. The summed E-state index contributed by atoms with van der Waals surface area (Å²) in [5, 5.41) is 1.49. The molecule has 92 valence electrons. The number of nitrogens with zero attached hydrogens (tertiary/aromatic N) is 1. The summed E-state index contributed by atoms with van der Waals surface area (Å²) in [6.07, 6.45) is 0. The van der Waals surface area contributed by atoms with Crippen molar-refractivity contribution < 1.29 is 13.2 Å². The maximum atomic E-state index is 12.3. The summed E-state index contributed by atoms with van der Waals surface area (Å²) >= 11 is 0. The van der Waals surface area contributed by atoms with Gasteiger partial charge in [0.1, 0.15) is 6.54 Å². The van der Waals surface area contributed by atoms with Crippen LogP contribution in [0.3, 0.4) is 0 Å². The van der Waals surface area contributed by atoms with E-state index in [-0.39, 0.29) is 11.4 Å². The quantitative estimate of drug-likeness (QED) is 0.870. The lowest BCUT2D eigenvalue weighted by atomic mass is 10.1. The Hall–Kier alpha value is -2.08. The molecule has 0 radical (unpaired) electrons. The lowest BCUT2D eigenvalue weighted by Crippen LogP contribution is -2.35. The first kappa shape index (κ1) is 11.0. The van der Waals surface area contributed by atoms with Crippen molar-refractivity contribution >= 4 is 32.4 Å². The lowest BCUT2D eigenvalue weighted by Gasteiger charge is -2.16. The van der Waals surface area contributed by atoms with Crippen LogP contribution >= 0.6 is 0 Å². The molecule has 18 heavy (non-hydrogen) atoms. The molecule has 0 aromatic heterocycles. The van der Waals surface area contributed by atoms with Crippen LogP contribution in [0.25, 0.3) is 10.8 Å². The number of hydrogen-bond acceptors (Lipinski definition) is 3. The zero-order valence-corrected chi connectivity index (χ0v) is 10.1. The van der Waals surface area contributed by atoms with Gasteiger partial charge in [-0.05, 0) is 17.5 Å². The van der Waals surface area contributed by atoms with Gasteiger partial charge in [-0.3, -0.25) is 9.10 Å². The summed E-state index contributed by atoms with van der Waals surface area (Å²) in [6.45, 7) is -0.337. The summed E-state index contributed by atoms with van der Waals surface area (Å²) in [4.78, 5) is 11.3.